The normalized spacial score (nSPS) is 19.9. The van der Waals surface area contributed by atoms with Crippen LogP contribution in [0, 0.1) is 5.92 Å². The van der Waals surface area contributed by atoms with E-state index in [1.54, 1.807) is 11.3 Å². The zero-order valence-electron chi connectivity index (χ0n) is 9.78. The van der Waals surface area contributed by atoms with Crippen LogP contribution in [-0.2, 0) is 16.0 Å². The molecule has 1 N–H and O–H groups in total. The van der Waals surface area contributed by atoms with Crippen LogP contribution in [0.4, 0.5) is 0 Å². The molecule has 0 bridgehead atoms. The molecule has 1 aromatic heterocycles. The van der Waals surface area contributed by atoms with E-state index in [0.29, 0.717) is 5.92 Å². The highest BCUT2D eigenvalue weighted by Gasteiger charge is 2.14. The zero-order chi connectivity index (χ0) is 11.9. The topological polar surface area (TPSA) is 30.5 Å². The molecule has 5 heteroatoms. The summed E-state index contributed by atoms with van der Waals surface area (Å²) in [6, 6.07) is 2.15. The molecule has 0 radical (unpaired) electrons. The monoisotopic (exact) mass is 319 g/mol. The van der Waals surface area contributed by atoms with Crippen LogP contribution in [0.3, 0.4) is 0 Å². The van der Waals surface area contributed by atoms with Gasteiger partial charge in [-0.1, -0.05) is 0 Å². The van der Waals surface area contributed by atoms with Crippen molar-refractivity contribution in [1.82, 2.24) is 5.32 Å². The third kappa shape index (κ3) is 5.06. The molecule has 1 atom stereocenters. The van der Waals surface area contributed by atoms with Crippen LogP contribution in [0.25, 0.3) is 0 Å². The predicted octanol–water partition coefficient (Wildman–Crippen LogP) is 2.65. The van der Waals surface area contributed by atoms with Crippen LogP contribution >= 0.6 is 27.3 Å². The fourth-order valence-corrected chi connectivity index (χ4v) is 3.19. The fraction of sp³-hybridized carbons (Fsp3) is 0.667. The highest BCUT2D eigenvalue weighted by atomic mass is 79.9. The van der Waals surface area contributed by atoms with Crippen molar-refractivity contribution in [2.24, 2.45) is 5.92 Å². The summed E-state index contributed by atoms with van der Waals surface area (Å²) >= 11 is 5.22. The average Bonchev–Trinajstić information content (AvgIpc) is 2.95. The van der Waals surface area contributed by atoms with Crippen molar-refractivity contribution in [3.05, 3.63) is 20.8 Å². The Bertz CT molecular complexity index is 326. The van der Waals surface area contributed by atoms with Gasteiger partial charge in [-0.3, -0.25) is 0 Å². The van der Waals surface area contributed by atoms with Gasteiger partial charge in [-0.2, -0.15) is 0 Å². The maximum atomic E-state index is 5.61. The van der Waals surface area contributed by atoms with Gasteiger partial charge in [0.05, 0.1) is 19.8 Å². The van der Waals surface area contributed by atoms with Crippen molar-refractivity contribution in [2.45, 2.75) is 13.0 Å². The molecule has 0 amide bonds. The van der Waals surface area contributed by atoms with Gasteiger partial charge >= 0.3 is 0 Å². The molecule has 17 heavy (non-hydrogen) atoms. The van der Waals surface area contributed by atoms with Crippen molar-refractivity contribution in [3.63, 3.8) is 0 Å². The number of halogens is 1. The summed E-state index contributed by atoms with van der Waals surface area (Å²) in [7, 11) is 0. The lowest BCUT2D eigenvalue weighted by Gasteiger charge is -2.08. The molecular weight excluding hydrogens is 302 g/mol. The lowest BCUT2D eigenvalue weighted by atomic mass is 10.1. The van der Waals surface area contributed by atoms with Crippen LogP contribution in [0.2, 0.25) is 0 Å². The minimum Gasteiger partial charge on any atom is -0.381 e. The van der Waals surface area contributed by atoms with Gasteiger partial charge in [-0.05, 0) is 28.4 Å². The lowest BCUT2D eigenvalue weighted by molar-refractivity contribution is 0.0913. The minimum atomic E-state index is 0.614. The molecule has 0 aromatic carbocycles. The Hall–Kier alpha value is 0.0600. The zero-order valence-corrected chi connectivity index (χ0v) is 12.2. The van der Waals surface area contributed by atoms with E-state index in [0.717, 1.165) is 50.4 Å². The molecule has 2 rings (SSSR count). The highest BCUT2D eigenvalue weighted by Crippen LogP contribution is 2.19. The summed E-state index contributed by atoms with van der Waals surface area (Å²) in [6.07, 6.45) is 1.15. The first-order valence-corrected chi connectivity index (χ1v) is 7.61. The Kier molecular flexibility index (Phi) is 5.94. The maximum Gasteiger partial charge on any atom is 0.0591 e. The molecule has 1 fully saturated rings. The first-order chi connectivity index (χ1) is 8.34. The van der Waals surface area contributed by atoms with Gasteiger partial charge in [0.1, 0.15) is 0 Å². The van der Waals surface area contributed by atoms with E-state index in [9.17, 15) is 0 Å². The third-order valence-electron chi connectivity index (χ3n) is 2.72. The van der Waals surface area contributed by atoms with Crippen LogP contribution in [0.5, 0.6) is 0 Å². The second-order valence-electron chi connectivity index (χ2n) is 4.21. The van der Waals surface area contributed by atoms with Crippen molar-refractivity contribution in [3.8, 4) is 0 Å². The summed E-state index contributed by atoms with van der Waals surface area (Å²) in [5.74, 6) is 0.614. The molecule has 1 aliphatic rings. The lowest BCUT2D eigenvalue weighted by Crippen LogP contribution is -2.20. The maximum absolute atomic E-state index is 5.61. The Morgan fingerprint density at radius 1 is 1.59 bits per heavy atom. The van der Waals surface area contributed by atoms with E-state index in [4.69, 9.17) is 9.47 Å². The van der Waals surface area contributed by atoms with Crippen LogP contribution in [0.15, 0.2) is 15.9 Å². The van der Waals surface area contributed by atoms with Crippen LogP contribution < -0.4 is 5.32 Å². The first-order valence-electron chi connectivity index (χ1n) is 5.93. The molecule has 0 spiro atoms. The van der Waals surface area contributed by atoms with E-state index in [2.05, 4.69) is 32.7 Å². The van der Waals surface area contributed by atoms with Gasteiger partial charge < -0.3 is 14.8 Å². The van der Waals surface area contributed by atoms with E-state index < -0.39 is 0 Å². The molecule has 3 nitrogen and oxygen atoms in total. The molecule has 2 heterocycles. The summed E-state index contributed by atoms with van der Waals surface area (Å²) in [6.45, 7) is 5.22. The summed E-state index contributed by atoms with van der Waals surface area (Å²) < 4.78 is 12.1. The van der Waals surface area contributed by atoms with E-state index >= 15 is 0 Å². The van der Waals surface area contributed by atoms with Gasteiger partial charge in [0.25, 0.3) is 0 Å². The largest absolute Gasteiger partial charge is 0.381 e. The van der Waals surface area contributed by atoms with Crippen molar-refractivity contribution in [1.29, 1.82) is 0 Å². The predicted molar refractivity (Wildman–Crippen MR) is 73.5 cm³/mol. The highest BCUT2D eigenvalue weighted by molar-refractivity contribution is 9.10. The number of ether oxygens (including phenoxy) is 2. The van der Waals surface area contributed by atoms with Gasteiger partial charge in [0, 0.05) is 40.3 Å². The van der Waals surface area contributed by atoms with Gasteiger partial charge in [0.2, 0.25) is 0 Å². The Labute approximate surface area is 115 Å². The van der Waals surface area contributed by atoms with E-state index in [-0.39, 0.29) is 0 Å². The van der Waals surface area contributed by atoms with Gasteiger partial charge in [0.15, 0.2) is 0 Å². The number of thiophene rings is 1. The van der Waals surface area contributed by atoms with Gasteiger partial charge in [-0.15, -0.1) is 11.3 Å². The quantitative estimate of drug-likeness (QED) is 0.784. The van der Waals surface area contributed by atoms with Crippen molar-refractivity contribution in [2.75, 3.05) is 33.0 Å². The van der Waals surface area contributed by atoms with Crippen molar-refractivity contribution >= 4 is 27.3 Å². The molecule has 1 aliphatic heterocycles. The summed E-state index contributed by atoms with van der Waals surface area (Å²) in [5, 5.41) is 5.48. The molecule has 1 saturated heterocycles. The second kappa shape index (κ2) is 7.48. The first kappa shape index (κ1) is 13.5. The van der Waals surface area contributed by atoms with E-state index in [1.165, 1.54) is 4.88 Å². The molecular formula is C12H18BrNO2S. The van der Waals surface area contributed by atoms with Crippen LogP contribution in [-0.4, -0.2) is 33.0 Å². The fourth-order valence-electron chi connectivity index (χ4n) is 1.77. The number of hydrogen-bond acceptors (Lipinski definition) is 4. The number of hydrogen-bond donors (Lipinski definition) is 1. The Morgan fingerprint density at radius 2 is 2.53 bits per heavy atom. The van der Waals surface area contributed by atoms with Crippen molar-refractivity contribution < 1.29 is 9.47 Å². The summed E-state index contributed by atoms with van der Waals surface area (Å²) in [4.78, 5) is 1.35. The Balaban J connectivity index is 1.46. The molecule has 0 aliphatic carbocycles. The second-order valence-corrected chi connectivity index (χ2v) is 6.12. The van der Waals surface area contributed by atoms with E-state index in [1.807, 2.05) is 0 Å². The molecule has 1 aromatic rings. The van der Waals surface area contributed by atoms with Gasteiger partial charge in [-0.25, -0.2) is 0 Å². The number of rotatable bonds is 7. The number of nitrogens with one attached hydrogen (secondary N) is 1. The smallest absolute Gasteiger partial charge is 0.0591 e. The molecule has 0 saturated carbocycles. The SMILES string of the molecule is Brc1csc(CNCCOCC2CCOC2)c1. The minimum absolute atomic E-state index is 0.614. The molecule has 1 unspecified atom stereocenters. The Morgan fingerprint density at radius 3 is 3.24 bits per heavy atom. The standard InChI is InChI=1S/C12H18BrNO2S/c13-11-5-12(17-9-11)6-14-2-4-16-8-10-1-3-15-7-10/h5,9-10,14H,1-4,6-8H2. The third-order valence-corrected chi connectivity index (χ3v) is 4.42. The average molecular weight is 320 g/mol. The van der Waals surface area contributed by atoms with Crippen LogP contribution in [0.1, 0.15) is 11.3 Å². The molecule has 96 valence electrons. The summed E-state index contributed by atoms with van der Waals surface area (Å²) in [5.41, 5.74) is 0.